The molecular formula is C14H27IN4O. The fourth-order valence-electron chi connectivity index (χ4n) is 2.15. The van der Waals surface area contributed by atoms with E-state index in [1.165, 1.54) is 12.0 Å². The number of guanidine groups is 1. The van der Waals surface area contributed by atoms with Crippen molar-refractivity contribution in [2.45, 2.75) is 46.5 Å². The number of aromatic nitrogens is 1. The molecule has 20 heavy (non-hydrogen) atoms. The van der Waals surface area contributed by atoms with Gasteiger partial charge in [0.1, 0.15) is 5.76 Å². The molecule has 1 aromatic rings. The minimum Gasteiger partial charge on any atom is -0.361 e. The number of hydrogen-bond acceptors (Lipinski definition) is 3. The van der Waals surface area contributed by atoms with Gasteiger partial charge in [0.15, 0.2) is 5.96 Å². The fourth-order valence-corrected chi connectivity index (χ4v) is 2.15. The summed E-state index contributed by atoms with van der Waals surface area (Å²) in [6, 6.07) is 0. The molecule has 0 spiro atoms. The Labute approximate surface area is 139 Å². The number of aryl methyl sites for hydroxylation is 2. The molecule has 0 fully saturated rings. The number of nitrogens with zero attached hydrogens (tertiary/aromatic N) is 2. The summed E-state index contributed by atoms with van der Waals surface area (Å²) in [5, 5.41) is 10.6. The third-order valence-corrected chi connectivity index (χ3v) is 3.20. The Hall–Kier alpha value is -0.790. The molecule has 1 unspecified atom stereocenters. The van der Waals surface area contributed by atoms with E-state index in [4.69, 9.17) is 4.52 Å². The zero-order valence-corrected chi connectivity index (χ0v) is 15.4. The molecule has 116 valence electrons. The SMILES string of the molecule is CCCCNC(=NC)NCC(C)c1c(C)noc1C.I. The maximum atomic E-state index is 5.21. The normalized spacial score (nSPS) is 12.8. The third kappa shape index (κ3) is 5.68. The average molecular weight is 394 g/mol. The van der Waals surface area contributed by atoms with E-state index in [9.17, 15) is 0 Å². The highest BCUT2D eigenvalue weighted by atomic mass is 127. The monoisotopic (exact) mass is 394 g/mol. The lowest BCUT2D eigenvalue weighted by Gasteiger charge is -2.15. The number of unbranched alkanes of at least 4 members (excludes halogenated alkanes) is 1. The maximum Gasteiger partial charge on any atom is 0.190 e. The molecule has 5 nitrogen and oxygen atoms in total. The van der Waals surface area contributed by atoms with E-state index in [0.29, 0.717) is 5.92 Å². The molecule has 1 rings (SSSR count). The molecule has 0 aromatic carbocycles. The van der Waals surface area contributed by atoms with Gasteiger partial charge in [0.05, 0.1) is 5.69 Å². The third-order valence-electron chi connectivity index (χ3n) is 3.20. The van der Waals surface area contributed by atoms with Crippen LogP contribution in [0.5, 0.6) is 0 Å². The van der Waals surface area contributed by atoms with Gasteiger partial charge in [0, 0.05) is 31.6 Å². The summed E-state index contributed by atoms with van der Waals surface area (Å²) >= 11 is 0. The van der Waals surface area contributed by atoms with Gasteiger partial charge >= 0.3 is 0 Å². The minimum atomic E-state index is 0. The van der Waals surface area contributed by atoms with Gasteiger partial charge in [0.2, 0.25) is 0 Å². The predicted octanol–water partition coefficient (Wildman–Crippen LogP) is 2.98. The van der Waals surface area contributed by atoms with Crippen LogP contribution in [-0.4, -0.2) is 31.3 Å². The van der Waals surface area contributed by atoms with E-state index in [1.807, 2.05) is 13.8 Å². The van der Waals surface area contributed by atoms with Crippen LogP contribution in [0.15, 0.2) is 9.52 Å². The summed E-state index contributed by atoms with van der Waals surface area (Å²) in [5.74, 6) is 2.10. The maximum absolute atomic E-state index is 5.21. The summed E-state index contributed by atoms with van der Waals surface area (Å²) in [6.45, 7) is 10.1. The van der Waals surface area contributed by atoms with Crippen LogP contribution in [0, 0.1) is 13.8 Å². The number of rotatable bonds is 6. The minimum absolute atomic E-state index is 0. The lowest BCUT2D eigenvalue weighted by atomic mass is 10.00. The standard InChI is InChI=1S/C14H26N4O.HI/c1-6-7-8-16-14(15-5)17-9-10(2)13-11(3)18-19-12(13)4;/h10H,6-9H2,1-5H3,(H2,15,16,17);1H. The van der Waals surface area contributed by atoms with Crippen LogP contribution in [-0.2, 0) is 0 Å². The Kier molecular flexibility index (Phi) is 9.62. The topological polar surface area (TPSA) is 62.5 Å². The summed E-state index contributed by atoms with van der Waals surface area (Å²) in [6.07, 6.45) is 2.33. The molecule has 0 aliphatic heterocycles. The van der Waals surface area contributed by atoms with E-state index in [1.54, 1.807) is 7.05 Å². The van der Waals surface area contributed by atoms with E-state index < -0.39 is 0 Å². The molecule has 0 radical (unpaired) electrons. The van der Waals surface area contributed by atoms with Gasteiger partial charge in [-0.25, -0.2) is 0 Å². The van der Waals surface area contributed by atoms with E-state index in [-0.39, 0.29) is 24.0 Å². The zero-order chi connectivity index (χ0) is 14.3. The van der Waals surface area contributed by atoms with Gasteiger partial charge in [-0.05, 0) is 20.3 Å². The second-order valence-corrected chi connectivity index (χ2v) is 4.87. The molecule has 2 N–H and O–H groups in total. The molecule has 0 saturated heterocycles. The molecule has 1 atom stereocenters. The molecule has 1 aromatic heterocycles. The van der Waals surface area contributed by atoms with Crippen molar-refractivity contribution in [3.05, 3.63) is 17.0 Å². The quantitative estimate of drug-likeness (QED) is 0.337. The average Bonchev–Trinajstić information content (AvgIpc) is 2.73. The summed E-state index contributed by atoms with van der Waals surface area (Å²) in [7, 11) is 1.79. The Bertz CT molecular complexity index is 398. The van der Waals surface area contributed by atoms with Gasteiger partial charge in [-0.2, -0.15) is 0 Å². The van der Waals surface area contributed by atoms with Crippen molar-refractivity contribution in [3.63, 3.8) is 0 Å². The summed E-state index contributed by atoms with van der Waals surface area (Å²) in [4.78, 5) is 4.21. The predicted molar refractivity (Wildman–Crippen MR) is 94.1 cm³/mol. The first-order valence-electron chi connectivity index (χ1n) is 6.97. The first-order chi connectivity index (χ1) is 9.10. The Balaban J connectivity index is 0.00000361. The van der Waals surface area contributed by atoms with Crippen LogP contribution in [0.25, 0.3) is 0 Å². The van der Waals surface area contributed by atoms with Gasteiger partial charge in [0.25, 0.3) is 0 Å². The number of hydrogen-bond donors (Lipinski definition) is 2. The number of aliphatic imine (C=N–C) groups is 1. The Morgan fingerprint density at radius 2 is 2.05 bits per heavy atom. The van der Waals surface area contributed by atoms with Crippen molar-refractivity contribution in [2.24, 2.45) is 4.99 Å². The van der Waals surface area contributed by atoms with Gasteiger partial charge in [-0.3, -0.25) is 4.99 Å². The zero-order valence-electron chi connectivity index (χ0n) is 13.1. The fraction of sp³-hybridized carbons (Fsp3) is 0.714. The van der Waals surface area contributed by atoms with Crippen molar-refractivity contribution < 1.29 is 4.52 Å². The van der Waals surface area contributed by atoms with Gasteiger partial charge in [-0.1, -0.05) is 25.4 Å². The molecule has 0 amide bonds. The summed E-state index contributed by atoms with van der Waals surface area (Å²) < 4.78 is 5.21. The van der Waals surface area contributed by atoms with Crippen molar-refractivity contribution in [3.8, 4) is 0 Å². The first kappa shape index (κ1) is 19.2. The second kappa shape index (κ2) is 10.0. The van der Waals surface area contributed by atoms with Crippen molar-refractivity contribution >= 4 is 29.9 Å². The molecule has 0 bridgehead atoms. The van der Waals surface area contributed by atoms with Crippen molar-refractivity contribution in [2.75, 3.05) is 20.1 Å². The van der Waals surface area contributed by atoms with Crippen LogP contribution >= 0.6 is 24.0 Å². The molecule has 0 saturated carbocycles. The van der Waals surface area contributed by atoms with Crippen LogP contribution in [0.2, 0.25) is 0 Å². The smallest absolute Gasteiger partial charge is 0.190 e. The highest BCUT2D eigenvalue weighted by Crippen LogP contribution is 2.22. The number of halogens is 1. The molecule has 0 aliphatic carbocycles. The van der Waals surface area contributed by atoms with Crippen LogP contribution in [0.1, 0.15) is 49.6 Å². The largest absolute Gasteiger partial charge is 0.361 e. The van der Waals surface area contributed by atoms with Crippen LogP contribution in [0.4, 0.5) is 0 Å². The van der Waals surface area contributed by atoms with E-state index in [0.717, 1.165) is 36.9 Å². The number of nitrogens with one attached hydrogen (secondary N) is 2. The van der Waals surface area contributed by atoms with E-state index >= 15 is 0 Å². The lowest BCUT2D eigenvalue weighted by Crippen LogP contribution is -2.39. The molecule has 0 aliphatic rings. The highest BCUT2D eigenvalue weighted by molar-refractivity contribution is 14.0. The Morgan fingerprint density at radius 1 is 1.35 bits per heavy atom. The van der Waals surface area contributed by atoms with Crippen molar-refractivity contribution in [1.29, 1.82) is 0 Å². The van der Waals surface area contributed by atoms with Gasteiger partial charge < -0.3 is 15.2 Å². The lowest BCUT2D eigenvalue weighted by molar-refractivity contribution is 0.391. The molecule has 1 heterocycles. The van der Waals surface area contributed by atoms with Crippen LogP contribution in [0.3, 0.4) is 0 Å². The summed E-state index contributed by atoms with van der Waals surface area (Å²) in [5.41, 5.74) is 2.16. The first-order valence-corrected chi connectivity index (χ1v) is 6.97. The van der Waals surface area contributed by atoms with Crippen molar-refractivity contribution in [1.82, 2.24) is 15.8 Å². The molecular weight excluding hydrogens is 367 g/mol. The second-order valence-electron chi connectivity index (χ2n) is 4.87. The van der Waals surface area contributed by atoms with Crippen LogP contribution < -0.4 is 10.6 Å². The molecule has 6 heteroatoms. The highest BCUT2D eigenvalue weighted by Gasteiger charge is 2.16. The van der Waals surface area contributed by atoms with Gasteiger partial charge in [-0.15, -0.1) is 24.0 Å². The Morgan fingerprint density at radius 3 is 2.55 bits per heavy atom. The van der Waals surface area contributed by atoms with E-state index in [2.05, 4.69) is 34.6 Å².